The minimum absolute atomic E-state index is 0.0694. The Bertz CT molecular complexity index is 1800. The number of hydrogen-bond donors (Lipinski definition) is 0. The molecule has 6 aromatic rings. The van der Waals surface area contributed by atoms with E-state index in [1.165, 1.54) is 11.1 Å². The fraction of sp³-hybridized carbons (Fsp3) is 0.211. The summed E-state index contributed by atoms with van der Waals surface area (Å²) in [6, 6.07) is 37.8. The van der Waals surface area contributed by atoms with Crippen LogP contribution in [0, 0.1) is 0 Å². The van der Waals surface area contributed by atoms with Crippen molar-refractivity contribution in [2.24, 2.45) is 0 Å². The van der Waals surface area contributed by atoms with E-state index in [4.69, 9.17) is 19.9 Å². The van der Waals surface area contributed by atoms with Crippen LogP contribution in [-0.4, -0.2) is 19.9 Å². The third-order valence-corrected chi connectivity index (χ3v) is 7.67. The average Bonchev–Trinajstić information content (AvgIpc) is 3.00. The molecule has 0 saturated heterocycles. The van der Waals surface area contributed by atoms with Crippen LogP contribution < -0.4 is 0 Å². The molecule has 0 spiro atoms. The van der Waals surface area contributed by atoms with E-state index >= 15 is 0 Å². The summed E-state index contributed by atoms with van der Waals surface area (Å²) in [5, 5.41) is 1.12. The third-order valence-electron chi connectivity index (χ3n) is 7.67. The highest BCUT2D eigenvalue weighted by molar-refractivity contribution is 5.82. The monoisotopic (exact) mass is 548 g/mol. The van der Waals surface area contributed by atoms with Gasteiger partial charge in [0, 0.05) is 27.6 Å². The van der Waals surface area contributed by atoms with Gasteiger partial charge in [-0.3, -0.25) is 0 Å². The fourth-order valence-corrected chi connectivity index (χ4v) is 5.05. The molecule has 0 amide bonds. The molecule has 0 saturated carbocycles. The van der Waals surface area contributed by atoms with E-state index in [9.17, 15) is 0 Å². The molecular weight excluding hydrogens is 512 g/mol. The lowest BCUT2D eigenvalue weighted by atomic mass is 9.86. The van der Waals surface area contributed by atoms with E-state index in [2.05, 4.69) is 126 Å². The molecule has 0 atom stereocenters. The van der Waals surface area contributed by atoms with Crippen molar-refractivity contribution < 1.29 is 0 Å². The highest BCUT2D eigenvalue weighted by Gasteiger charge is 2.17. The molecule has 208 valence electrons. The van der Waals surface area contributed by atoms with Crippen LogP contribution in [0.3, 0.4) is 0 Å². The second-order valence-electron chi connectivity index (χ2n) is 12.9. The number of benzene rings is 4. The zero-order valence-corrected chi connectivity index (χ0v) is 25.2. The van der Waals surface area contributed by atoms with Crippen molar-refractivity contribution in [3.05, 3.63) is 120 Å². The second kappa shape index (κ2) is 10.6. The van der Waals surface area contributed by atoms with Crippen molar-refractivity contribution in [3.63, 3.8) is 0 Å². The van der Waals surface area contributed by atoms with Crippen molar-refractivity contribution in [2.75, 3.05) is 0 Å². The SMILES string of the molecule is CC(C)(C)c1ccc(-c2nc(-c3ccc(C(C)(C)C)cc3)nc(-c3cccc(-c4ccc5ccccc5n4)c3)n2)cc1. The third kappa shape index (κ3) is 5.71. The summed E-state index contributed by atoms with van der Waals surface area (Å²) < 4.78 is 0. The topological polar surface area (TPSA) is 51.6 Å². The smallest absolute Gasteiger partial charge is 0.164 e. The Balaban J connectivity index is 1.46. The maximum absolute atomic E-state index is 4.99. The summed E-state index contributed by atoms with van der Waals surface area (Å²) in [6.07, 6.45) is 0. The summed E-state index contributed by atoms with van der Waals surface area (Å²) in [5.41, 5.74) is 8.44. The average molecular weight is 549 g/mol. The lowest BCUT2D eigenvalue weighted by molar-refractivity contribution is 0.590. The van der Waals surface area contributed by atoms with E-state index in [1.54, 1.807) is 0 Å². The number of aromatic nitrogens is 4. The van der Waals surface area contributed by atoms with Crippen molar-refractivity contribution >= 4 is 10.9 Å². The number of fused-ring (bicyclic) bond motifs is 1. The van der Waals surface area contributed by atoms with Crippen molar-refractivity contribution in [2.45, 2.75) is 52.4 Å². The van der Waals surface area contributed by atoms with Gasteiger partial charge in [-0.05, 0) is 40.2 Å². The maximum atomic E-state index is 4.99. The Morgan fingerprint density at radius 1 is 0.405 bits per heavy atom. The zero-order valence-electron chi connectivity index (χ0n) is 25.2. The summed E-state index contributed by atoms with van der Waals surface area (Å²) in [6.45, 7) is 13.3. The van der Waals surface area contributed by atoms with Crippen LogP contribution >= 0.6 is 0 Å². The summed E-state index contributed by atoms with van der Waals surface area (Å²) in [7, 11) is 0. The minimum atomic E-state index is 0.0694. The number of hydrogen-bond acceptors (Lipinski definition) is 4. The number of para-hydroxylation sites is 1. The predicted octanol–water partition coefficient (Wildman–Crippen LogP) is 9.68. The maximum Gasteiger partial charge on any atom is 0.164 e. The molecule has 0 bridgehead atoms. The molecule has 0 radical (unpaired) electrons. The molecule has 2 heterocycles. The van der Waals surface area contributed by atoms with Gasteiger partial charge in [0.2, 0.25) is 0 Å². The van der Waals surface area contributed by atoms with E-state index in [0.29, 0.717) is 17.5 Å². The first-order chi connectivity index (χ1) is 20.0. The molecule has 4 heteroatoms. The van der Waals surface area contributed by atoms with Gasteiger partial charge in [0.25, 0.3) is 0 Å². The van der Waals surface area contributed by atoms with Crippen LogP contribution in [0.15, 0.2) is 109 Å². The van der Waals surface area contributed by atoms with Gasteiger partial charge in [0.1, 0.15) is 0 Å². The number of pyridine rings is 1. The standard InChI is InChI=1S/C38H36N4/c1-37(2,3)30-19-14-26(15-20-30)34-40-35(27-16-21-31(22-17-27)38(4,5)6)42-36(41-34)29-12-9-11-28(24-29)33-23-18-25-10-7-8-13-32(25)39-33/h7-24H,1-6H3. The summed E-state index contributed by atoms with van der Waals surface area (Å²) >= 11 is 0. The first-order valence-corrected chi connectivity index (χ1v) is 14.5. The molecule has 2 aromatic heterocycles. The van der Waals surface area contributed by atoms with Crippen molar-refractivity contribution in [1.82, 2.24) is 19.9 Å². The Labute approximate surface area is 248 Å². The second-order valence-corrected chi connectivity index (χ2v) is 12.9. The molecule has 0 fully saturated rings. The van der Waals surface area contributed by atoms with Crippen LogP contribution in [0.2, 0.25) is 0 Å². The molecule has 4 aromatic carbocycles. The minimum Gasteiger partial charge on any atom is -0.248 e. The Morgan fingerprint density at radius 2 is 0.905 bits per heavy atom. The summed E-state index contributed by atoms with van der Waals surface area (Å²) in [4.78, 5) is 19.9. The van der Waals surface area contributed by atoms with Gasteiger partial charge in [-0.15, -0.1) is 0 Å². The van der Waals surface area contributed by atoms with E-state index in [1.807, 2.05) is 24.3 Å². The summed E-state index contributed by atoms with van der Waals surface area (Å²) in [5.74, 6) is 1.95. The lowest BCUT2D eigenvalue weighted by Gasteiger charge is -2.19. The lowest BCUT2D eigenvalue weighted by Crippen LogP contribution is -2.10. The molecule has 6 rings (SSSR count). The van der Waals surface area contributed by atoms with Gasteiger partial charge >= 0.3 is 0 Å². The Kier molecular flexibility index (Phi) is 6.94. The van der Waals surface area contributed by atoms with Crippen LogP contribution in [0.25, 0.3) is 56.3 Å². The van der Waals surface area contributed by atoms with Gasteiger partial charge in [0.15, 0.2) is 17.5 Å². The van der Waals surface area contributed by atoms with Crippen molar-refractivity contribution in [1.29, 1.82) is 0 Å². The fourth-order valence-electron chi connectivity index (χ4n) is 5.05. The molecule has 0 unspecified atom stereocenters. The Hall–Kier alpha value is -4.70. The molecule has 0 aliphatic heterocycles. The van der Waals surface area contributed by atoms with Crippen LogP contribution in [0.5, 0.6) is 0 Å². The molecule has 4 nitrogen and oxygen atoms in total. The molecule has 0 aliphatic carbocycles. The number of rotatable bonds is 4. The normalized spacial score (nSPS) is 12.0. The predicted molar refractivity (Wildman–Crippen MR) is 174 cm³/mol. The molecule has 0 N–H and O–H groups in total. The highest BCUT2D eigenvalue weighted by Crippen LogP contribution is 2.31. The van der Waals surface area contributed by atoms with Gasteiger partial charge in [0.05, 0.1) is 11.2 Å². The largest absolute Gasteiger partial charge is 0.248 e. The highest BCUT2D eigenvalue weighted by atomic mass is 15.0. The van der Waals surface area contributed by atoms with E-state index in [0.717, 1.165) is 38.9 Å². The zero-order chi connectivity index (χ0) is 29.5. The van der Waals surface area contributed by atoms with Gasteiger partial charge in [-0.25, -0.2) is 19.9 Å². The van der Waals surface area contributed by atoms with E-state index in [-0.39, 0.29) is 10.8 Å². The van der Waals surface area contributed by atoms with E-state index < -0.39 is 0 Å². The first-order valence-electron chi connectivity index (χ1n) is 14.5. The Morgan fingerprint density at radius 3 is 1.45 bits per heavy atom. The van der Waals surface area contributed by atoms with Crippen LogP contribution in [0.1, 0.15) is 52.7 Å². The van der Waals surface area contributed by atoms with Crippen LogP contribution in [-0.2, 0) is 10.8 Å². The number of nitrogens with zero attached hydrogens (tertiary/aromatic N) is 4. The van der Waals surface area contributed by atoms with Crippen LogP contribution in [0.4, 0.5) is 0 Å². The first kappa shape index (κ1) is 27.5. The molecular formula is C38H36N4. The molecule has 42 heavy (non-hydrogen) atoms. The quantitative estimate of drug-likeness (QED) is 0.220. The van der Waals surface area contributed by atoms with Gasteiger partial charge in [-0.2, -0.15) is 0 Å². The van der Waals surface area contributed by atoms with Gasteiger partial charge in [-0.1, -0.05) is 133 Å². The molecule has 0 aliphatic rings. The van der Waals surface area contributed by atoms with Crippen molar-refractivity contribution in [3.8, 4) is 45.4 Å². The van der Waals surface area contributed by atoms with Gasteiger partial charge < -0.3 is 0 Å².